The maximum absolute atomic E-state index is 13.6. The topological polar surface area (TPSA) is 110 Å². The van der Waals surface area contributed by atoms with Gasteiger partial charge in [-0.1, -0.05) is 36.4 Å². The third-order valence-electron chi connectivity index (χ3n) is 6.72. The molecule has 1 aliphatic rings. The summed E-state index contributed by atoms with van der Waals surface area (Å²) in [6, 6.07) is 9.00. The van der Waals surface area contributed by atoms with Gasteiger partial charge in [-0.05, 0) is 55.3 Å². The number of hydrogen-bond acceptors (Lipinski definition) is 6. The van der Waals surface area contributed by atoms with E-state index in [-0.39, 0.29) is 41.0 Å². The summed E-state index contributed by atoms with van der Waals surface area (Å²) in [5.41, 5.74) is 0.929. The summed E-state index contributed by atoms with van der Waals surface area (Å²) < 4.78 is 49.9. The highest BCUT2D eigenvalue weighted by atomic mass is 35.5. The number of nitroso groups, excluding NO2 is 1. The molecule has 0 aliphatic carbocycles. The fraction of sp³-hybridized carbons (Fsp3) is 0.423. The largest absolute Gasteiger partial charge is 0.361 e. The Balaban J connectivity index is 1.70. The average Bonchev–Trinajstić information content (AvgIpc) is 3.30. The molecule has 0 radical (unpaired) electrons. The quantitative estimate of drug-likeness (QED) is 0.178. The Morgan fingerprint density at radius 2 is 1.90 bits per heavy atom. The molecule has 1 aromatic heterocycles. The lowest BCUT2D eigenvalue weighted by Crippen LogP contribution is -2.39. The molecular formula is C26H32ClFN4O5SSi. The number of nitrogens with one attached hydrogen (secondary N) is 1. The van der Waals surface area contributed by atoms with Crippen LogP contribution in [-0.2, 0) is 21.5 Å². The average molecular weight is 595 g/mol. The van der Waals surface area contributed by atoms with Gasteiger partial charge < -0.3 is 14.6 Å². The highest BCUT2D eigenvalue weighted by molar-refractivity contribution is 7.89. The van der Waals surface area contributed by atoms with Gasteiger partial charge in [0, 0.05) is 45.0 Å². The Kier molecular flexibility index (Phi) is 8.91. The van der Waals surface area contributed by atoms with Gasteiger partial charge in [0.05, 0.1) is 27.0 Å². The van der Waals surface area contributed by atoms with Gasteiger partial charge in [-0.15, -0.1) is 0 Å². The van der Waals surface area contributed by atoms with E-state index in [1.807, 2.05) is 0 Å². The minimum atomic E-state index is -3.98. The highest BCUT2D eigenvalue weighted by Gasteiger charge is 2.31. The first-order valence-corrected chi connectivity index (χ1v) is 18.2. The number of nitrogens with zero attached hydrogens (tertiary/aromatic N) is 3. The molecule has 39 heavy (non-hydrogen) atoms. The molecule has 210 valence electrons. The third kappa shape index (κ3) is 6.93. The van der Waals surface area contributed by atoms with Crippen LogP contribution in [0.2, 0.25) is 30.7 Å². The van der Waals surface area contributed by atoms with E-state index in [0.717, 1.165) is 12.1 Å². The van der Waals surface area contributed by atoms with Crippen LogP contribution in [0.1, 0.15) is 23.2 Å². The number of hydrogen-bond donors (Lipinski definition) is 1. The number of fused-ring (bicyclic) bond motifs is 1. The highest BCUT2D eigenvalue weighted by Crippen LogP contribution is 2.30. The summed E-state index contributed by atoms with van der Waals surface area (Å²) >= 11 is 5.87. The monoisotopic (exact) mass is 594 g/mol. The number of aromatic nitrogens is 1. The number of ether oxygens (including phenoxy) is 1. The normalized spacial score (nSPS) is 15.5. The van der Waals surface area contributed by atoms with Crippen LogP contribution in [0.5, 0.6) is 0 Å². The van der Waals surface area contributed by atoms with Gasteiger partial charge >= 0.3 is 0 Å². The summed E-state index contributed by atoms with van der Waals surface area (Å²) in [4.78, 5) is 24.3. The number of benzene rings is 2. The number of piperidine rings is 1. The fourth-order valence-corrected chi connectivity index (χ4v) is 6.82. The van der Waals surface area contributed by atoms with E-state index < -0.39 is 35.9 Å². The van der Waals surface area contributed by atoms with E-state index >= 15 is 0 Å². The number of amides is 1. The van der Waals surface area contributed by atoms with E-state index in [1.54, 1.807) is 22.9 Å². The van der Waals surface area contributed by atoms with Crippen LogP contribution in [0.25, 0.3) is 10.9 Å². The Morgan fingerprint density at radius 1 is 1.18 bits per heavy atom. The molecule has 2 heterocycles. The molecule has 13 heteroatoms. The Labute approximate surface area is 233 Å². The molecule has 1 amide bonds. The van der Waals surface area contributed by atoms with Gasteiger partial charge in [-0.3, -0.25) is 4.79 Å². The summed E-state index contributed by atoms with van der Waals surface area (Å²) in [5.74, 6) is -1.19. The van der Waals surface area contributed by atoms with E-state index in [2.05, 4.69) is 30.1 Å². The second-order valence-electron chi connectivity index (χ2n) is 10.9. The Morgan fingerprint density at radius 3 is 2.54 bits per heavy atom. The van der Waals surface area contributed by atoms with Crippen LogP contribution in [0.3, 0.4) is 0 Å². The predicted molar refractivity (Wildman–Crippen MR) is 153 cm³/mol. The third-order valence-corrected chi connectivity index (χ3v) is 10.6. The van der Waals surface area contributed by atoms with Gasteiger partial charge in [0.25, 0.3) is 5.91 Å². The van der Waals surface area contributed by atoms with E-state index in [4.69, 9.17) is 16.3 Å². The SMILES string of the molecule is C[Si](C)(C)CCOCn1ccc2c(C(=O)Nc3ccc(F)c(Cl)c3)cc(S(=O)(=O)N3CCC(N=O)CC3)cc21. The van der Waals surface area contributed by atoms with Crippen LogP contribution < -0.4 is 5.32 Å². The molecule has 2 aromatic carbocycles. The van der Waals surface area contributed by atoms with E-state index in [1.165, 1.54) is 22.5 Å². The molecule has 0 atom stereocenters. The molecule has 9 nitrogen and oxygen atoms in total. The smallest absolute Gasteiger partial charge is 0.256 e. The van der Waals surface area contributed by atoms with Crippen molar-refractivity contribution in [3.05, 3.63) is 63.9 Å². The van der Waals surface area contributed by atoms with Crippen molar-refractivity contribution >= 4 is 52.2 Å². The summed E-state index contributed by atoms with van der Waals surface area (Å²) in [6.45, 7) is 7.86. The van der Waals surface area contributed by atoms with Crippen molar-refractivity contribution in [3.8, 4) is 0 Å². The van der Waals surface area contributed by atoms with Gasteiger partial charge in [0.15, 0.2) is 0 Å². The molecular weight excluding hydrogens is 563 g/mol. The zero-order valence-electron chi connectivity index (χ0n) is 22.1. The molecule has 0 bridgehead atoms. The van der Waals surface area contributed by atoms with Gasteiger partial charge in [0.1, 0.15) is 12.5 Å². The maximum atomic E-state index is 13.6. The van der Waals surface area contributed by atoms with Crippen molar-refractivity contribution in [2.45, 2.75) is 56.2 Å². The molecule has 1 aliphatic heterocycles. The lowest BCUT2D eigenvalue weighted by Gasteiger charge is -2.28. The van der Waals surface area contributed by atoms with Crippen molar-refractivity contribution in [1.82, 2.24) is 8.87 Å². The number of carbonyl (C=O) groups excluding carboxylic acids is 1. The second-order valence-corrected chi connectivity index (χ2v) is 18.8. The number of halogens is 2. The zero-order valence-corrected chi connectivity index (χ0v) is 24.7. The Bertz CT molecular complexity index is 1480. The van der Waals surface area contributed by atoms with Crippen molar-refractivity contribution in [2.24, 2.45) is 5.18 Å². The molecule has 4 rings (SSSR count). The lowest BCUT2D eigenvalue weighted by atomic mass is 10.1. The van der Waals surface area contributed by atoms with Crippen LogP contribution in [0.4, 0.5) is 10.1 Å². The minimum Gasteiger partial charge on any atom is -0.361 e. The van der Waals surface area contributed by atoms with Crippen molar-refractivity contribution in [3.63, 3.8) is 0 Å². The van der Waals surface area contributed by atoms with Crippen LogP contribution in [-0.4, -0.2) is 57.0 Å². The standard InChI is InChI=1S/C26H32ClFN4O5SSi/c1-39(2,3)13-12-37-17-31-9-8-21-22(26(33)29-19-4-5-24(28)23(27)14-19)15-20(16-25(21)31)38(35,36)32-10-6-18(30-34)7-11-32/h4-5,8-9,14-16,18H,6-7,10-13,17H2,1-3H3,(H,29,33). The number of anilines is 1. The van der Waals surface area contributed by atoms with Gasteiger partial charge in [-0.25, -0.2) is 12.8 Å². The molecule has 1 saturated heterocycles. The lowest BCUT2D eigenvalue weighted by molar-refractivity contribution is 0.0902. The van der Waals surface area contributed by atoms with E-state index in [0.29, 0.717) is 30.4 Å². The second kappa shape index (κ2) is 11.8. The van der Waals surface area contributed by atoms with Gasteiger partial charge in [-0.2, -0.15) is 9.21 Å². The molecule has 1 fully saturated rings. The first-order chi connectivity index (χ1) is 18.4. The summed E-state index contributed by atoms with van der Waals surface area (Å²) in [7, 11) is -5.27. The minimum absolute atomic E-state index is 0.0446. The predicted octanol–water partition coefficient (Wildman–Crippen LogP) is 5.92. The first-order valence-electron chi connectivity index (χ1n) is 12.7. The Hall–Kier alpha value is -2.64. The molecule has 0 unspecified atom stereocenters. The van der Waals surface area contributed by atoms with E-state index in [9.17, 15) is 22.5 Å². The van der Waals surface area contributed by atoms with Crippen LogP contribution >= 0.6 is 11.6 Å². The molecule has 3 aromatic rings. The summed E-state index contributed by atoms with van der Waals surface area (Å²) in [6.07, 6.45) is 2.43. The molecule has 0 saturated carbocycles. The molecule has 1 N–H and O–H groups in total. The van der Waals surface area contributed by atoms with Crippen LogP contribution in [0.15, 0.2) is 52.7 Å². The van der Waals surface area contributed by atoms with Crippen molar-refractivity contribution < 1.29 is 22.3 Å². The number of carbonyl (C=O) groups is 1. The number of rotatable bonds is 10. The zero-order chi connectivity index (χ0) is 28.4. The van der Waals surface area contributed by atoms with Gasteiger partial charge in [0.2, 0.25) is 10.0 Å². The molecule has 0 spiro atoms. The fourth-order valence-electron chi connectivity index (χ4n) is 4.37. The number of sulfonamides is 1. The van der Waals surface area contributed by atoms with Crippen molar-refractivity contribution in [2.75, 3.05) is 25.0 Å². The maximum Gasteiger partial charge on any atom is 0.256 e. The van der Waals surface area contributed by atoms with Crippen molar-refractivity contribution in [1.29, 1.82) is 0 Å². The summed E-state index contributed by atoms with van der Waals surface area (Å²) in [5, 5.41) is 6.13. The van der Waals surface area contributed by atoms with Crippen LogP contribution in [0, 0.1) is 10.7 Å². The first kappa shape index (κ1) is 29.3.